The van der Waals surface area contributed by atoms with Gasteiger partial charge in [-0.3, -0.25) is 4.79 Å². The van der Waals surface area contributed by atoms with E-state index in [0.717, 1.165) is 0 Å². The van der Waals surface area contributed by atoms with E-state index in [4.69, 9.17) is 9.26 Å². The van der Waals surface area contributed by atoms with Crippen molar-refractivity contribution in [3.8, 4) is 11.3 Å². The fourth-order valence-electron chi connectivity index (χ4n) is 2.82. The van der Waals surface area contributed by atoms with Gasteiger partial charge >= 0.3 is 5.97 Å². The Hall–Kier alpha value is -2.95. The second kappa shape index (κ2) is 4.53. The molecular formula is C17H11NO4. The Balaban J connectivity index is 2.05. The number of ether oxygens (including phenoxy) is 1. The van der Waals surface area contributed by atoms with Gasteiger partial charge in [0.1, 0.15) is 5.52 Å². The average molecular weight is 293 g/mol. The van der Waals surface area contributed by atoms with Gasteiger partial charge in [0.05, 0.1) is 17.6 Å². The maximum atomic E-state index is 12.6. The molecule has 2 aromatic carbocycles. The monoisotopic (exact) mass is 293 g/mol. The zero-order valence-electron chi connectivity index (χ0n) is 11.8. The molecule has 0 aliphatic heterocycles. The maximum Gasteiger partial charge on any atom is 0.340 e. The molecule has 0 unspecified atom stereocenters. The molecule has 4 rings (SSSR count). The van der Waals surface area contributed by atoms with Gasteiger partial charge in [0, 0.05) is 16.7 Å². The summed E-state index contributed by atoms with van der Waals surface area (Å²) in [6.45, 7) is 2.01. The lowest BCUT2D eigenvalue weighted by molar-refractivity contribution is 0.0528. The Morgan fingerprint density at radius 3 is 2.68 bits per heavy atom. The number of benzene rings is 2. The summed E-state index contributed by atoms with van der Waals surface area (Å²) in [5.41, 5.74) is 2.45. The van der Waals surface area contributed by atoms with E-state index in [1.165, 1.54) is 0 Å². The van der Waals surface area contributed by atoms with Gasteiger partial charge in [0.15, 0.2) is 11.5 Å². The molecule has 0 radical (unpaired) electrons. The van der Waals surface area contributed by atoms with Crippen LogP contribution in [-0.4, -0.2) is 23.5 Å². The van der Waals surface area contributed by atoms with Gasteiger partial charge < -0.3 is 9.26 Å². The molecule has 0 N–H and O–H groups in total. The van der Waals surface area contributed by atoms with E-state index in [0.29, 0.717) is 38.9 Å². The Morgan fingerprint density at radius 2 is 1.91 bits per heavy atom. The lowest BCUT2D eigenvalue weighted by Crippen LogP contribution is -2.11. The van der Waals surface area contributed by atoms with Crippen molar-refractivity contribution in [1.82, 2.24) is 5.16 Å². The molecule has 5 nitrogen and oxygen atoms in total. The smallest absolute Gasteiger partial charge is 0.340 e. The number of hydrogen-bond acceptors (Lipinski definition) is 5. The van der Waals surface area contributed by atoms with Gasteiger partial charge in [0.25, 0.3) is 0 Å². The molecule has 0 fully saturated rings. The number of nitrogens with zero attached hydrogens (tertiary/aromatic N) is 1. The maximum absolute atomic E-state index is 12.6. The minimum Gasteiger partial charge on any atom is -0.462 e. The Labute approximate surface area is 125 Å². The van der Waals surface area contributed by atoms with Crippen molar-refractivity contribution in [3.05, 3.63) is 53.1 Å². The van der Waals surface area contributed by atoms with Gasteiger partial charge in [-0.1, -0.05) is 29.4 Å². The highest BCUT2D eigenvalue weighted by atomic mass is 16.5. The number of fused-ring (bicyclic) bond motifs is 2. The van der Waals surface area contributed by atoms with Gasteiger partial charge in [0.2, 0.25) is 0 Å². The largest absolute Gasteiger partial charge is 0.462 e. The number of hydrogen-bond donors (Lipinski definition) is 0. The topological polar surface area (TPSA) is 69.4 Å². The molecule has 0 atom stereocenters. The molecule has 1 heterocycles. The highest BCUT2D eigenvalue weighted by molar-refractivity contribution is 6.26. The molecule has 108 valence electrons. The summed E-state index contributed by atoms with van der Waals surface area (Å²) in [6.07, 6.45) is 0. The summed E-state index contributed by atoms with van der Waals surface area (Å²) in [7, 11) is 0. The predicted octanol–water partition coefficient (Wildman–Crippen LogP) is 3.22. The highest BCUT2D eigenvalue weighted by Crippen LogP contribution is 2.40. The summed E-state index contributed by atoms with van der Waals surface area (Å²) < 4.78 is 10.5. The number of carbonyl (C=O) groups is 2. The summed E-state index contributed by atoms with van der Waals surface area (Å²) in [4.78, 5) is 24.6. The van der Waals surface area contributed by atoms with Crippen LogP contribution in [0.1, 0.15) is 33.2 Å². The molecule has 0 bridgehead atoms. The molecule has 1 aliphatic carbocycles. The van der Waals surface area contributed by atoms with E-state index in [9.17, 15) is 9.59 Å². The SMILES string of the molecule is CCOC(=O)c1ccc2c3c(onc13)-c1ccccc1C2=O. The third kappa shape index (κ3) is 1.56. The van der Waals surface area contributed by atoms with Crippen LogP contribution in [-0.2, 0) is 4.74 Å². The second-order valence-electron chi connectivity index (χ2n) is 4.99. The van der Waals surface area contributed by atoms with Gasteiger partial charge in [-0.15, -0.1) is 0 Å². The molecule has 0 spiro atoms. The summed E-state index contributed by atoms with van der Waals surface area (Å²) in [6, 6.07) is 10.4. The van der Waals surface area contributed by atoms with Crippen molar-refractivity contribution in [3.63, 3.8) is 0 Å². The first-order chi connectivity index (χ1) is 10.7. The van der Waals surface area contributed by atoms with Crippen LogP contribution in [0.25, 0.3) is 22.2 Å². The average Bonchev–Trinajstić information content (AvgIpc) is 2.98. The molecule has 0 saturated heterocycles. The van der Waals surface area contributed by atoms with Crippen molar-refractivity contribution >= 4 is 22.7 Å². The normalized spacial score (nSPS) is 12.3. The van der Waals surface area contributed by atoms with Crippen LogP contribution in [0.15, 0.2) is 40.9 Å². The van der Waals surface area contributed by atoms with E-state index in [1.807, 2.05) is 18.2 Å². The van der Waals surface area contributed by atoms with Crippen LogP contribution in [0.5, 0.6) is 0 Å². The summed E-state index contributed by atoms with van der Waals surface area (Å²) in [5.74, 6) is -0.0433. The zero-order chi connectivity index (χ0) is 15.3. The summed E-state index contributed by atoms with van der Waals surface area (Å²) in [5, 5.41) is 4.58. The molecular weight excluding hydrogens is 282 g/mol. The molecule has 0 amide bonds. The van der Waals surface area contributed by atoms with Crippen LogP contribution >= 0.6 is 0 Å². The molecule has 1 aromatic heterocycles. The Kier molecular flexibility index (Phi) is 2.63. The minimum absolute atomic E-state index is 0.0910. The number of esters is 1. The third-order valence-corrected chi connectivity index (χ3v) is 3.79. The first-order valence-electron chi connectivity index (χ1n) is 6.96. The first kappa shape index (κ1) is 12.8. The molecule has 0 saturated carbocycles. The zero-order valence-corrected chi connectivity index (χ0v) is 11.8. The van der Waals surface area contributed by atoms with E-state index in [2.05, 4.69) is 5.16 Å². The van der Waals surface area contributed by atoms with Gasteiger partial charge in [-0.25, -0.2) is 4.79 Å². The van der Waals surface area contributed by atoms with E-state index in [1.54, 1.807) is 25.1 Å². The molecule has 22 heavy (non-hydrogen) atoms. The van der Waals surface area contributed by atoms with Gasteiger partial charge in [-0.2, -0.15) is 0 Å². The van der Waals surface area contributed by atoms with Crippen LogP contribution in [0.3, 0.4) is 0 Å². The standard InChI is InChI=1S/C17H11NO4/c1-2-21-17(20)12-8-7-11-13-14(12)18-22-16(13)10-6-4-3-5-9(10)15(11)19/h3-8H,2H2,1H3. The fourth-order valence-corrected chi connectivity index (χ4v) is 2.82. The van der Waals surface area contributed by atoms with E-state index >= 15 is 0 Å². The van der Waals surface area contributed by atoms with Crippen molar-refractivity contribution in [2.24, 2.45) is 0 Å². The van der Waals surface area contributed by atoms with Crippen LogP contribution < -0.4 is 0 Å². The first-order valence-corrected chi connectivity index (χ1v) is 6.96. The lowest BCUT2D eigenvalue weighted by atomic mass is 9.87. The van der Waals surface area contributed by atoms with Gasteiger partial charge in [-0.05, 0) is 19.1 Å². The Morgan fingerprint density at radius 1 is 1.14 bits per heavy atom. The Bertz CT molecular complexity index is 939. The number of aromatic nitrogens is 1. The fraction of sp³-hybridized carbons (Fsp3) is 0.118. The second-order valence-corrected chi connectivity index (χ2v) is 4.99. The van der Waals surface area contributed by atoms with Crippen LogP contribution in [0.4, 0.5) is 0 Å². The minimum atomic E-state index is -0.472. The molecule has 1 aliphatic rings. The van der Waals surface area contributed by atoms with Crippen LogP contribution in [0.2, 0.25) is 0 Å². The quantitative estimate of drug-likeness (QED) is 0.531. The summed E-state index contributed by atoms with van der Waals surface area (Å²) >= 11 is 0. The van der Waals surface area contributed by atoms with Crippen molar-refractivity contribution in [2.45, 2.75) is 6.92 Å². The predicted molar refractivity (Wildman–Crippen MR) is 78.8 cm³/mol. The number of ketones is 1. The molecule has 3 aromatic rings. The number of rotatable bonds is 2. The number of carbonyl (C=O) groups excluding carboxylic acids is 2. The van der Waals surface area contributed by atoms with Crippen LogP contribution in [0, 0.1) is 0 Å². The van der Waals surface area contributed by atoms with E-state index in [-0.39, 0.29) is 12.4 Å². The van der Waals surface area contributed by atoms with Crippen molar-refractivity contribution in [2.75, 3.05) is 6.61 Å². The van der Waals surface area contributed by atoms with Crippen molar-refractivity contribution in [1.29, 1.82) is 0 Å². The highest BCUT2D eigenvalue weighted by Gasteiger charge is 2.31. The van der Waals surface area contributed by atoms with Crippen molar-refractivity contribution < 1.29 is 18.8 Å². The molecule has 5 heteroatoms. The lowest BCUT2D eigenvalue weighted by Gasteiger charge is -2.14. The van der Waals surface area contributed by atoms with E-state index < -0.39 is 5.97 Å². The third-order valence-electron chi connectivity index (χ3n) is 3.79.